The number of hydrogen-bond acceptors (Lipinski definition) is 3. The number of piperidine rings is 1. The van der Waals surface area contributed by atoms with Gasteiger partial charge in [0, 0.05) is 19.6 Å². The van der Waals surface area contributed by atoms with E-state index in [1.54, 1.807) is 31.2 Å². The highest BCUT2D eigenvalue weighted by molar-refractivity contribution is 7.89. The fourth-order valence-corrected chi connectivity index (χ4v) is 5.17. The molecule has 1 saturated heterocycles. The van der Waals surface area contributed by atoms with Crippen molar-refractivity contribution in [3.63, 3.8) is 0 Å². The minimum absolute atomic E-state index is 0.0135. The van der Waals surface area contributed by atoms with Crippen LogP contribution < -0.4 is 10.6 Å². The van der Waals surface area contributed by atoms with Crippen molar-refractivity contribution >= 4 is 16.1 Å². The lowest BCUT2D eigenvalue weighted by atomic mass is 10.1. The van der Waals surface area contributed by atoms with E-state index < -0.39 is 33.7 Å². The lowest BCUT2D eigenvalue weighted by Gasteiger charge is -2.27. The lowest BCUT2D eigenvalue weighted by Crippen LogP contribution is -2.38. The van der Waals surface area contributed by atoms with Crippen molar-refractivity contribution in [2.45, 2.75) is 43.7 Å². The SMILES string of the molecule is C[C@@H](NC(=O)NCc1ccccc1S(=O)(=O)N1CCCCC1)c1ccc(F)c(F)c1. The van der Waals surface area contributed by atoms with Gasteiger partial charge >= 0.3 is 6.03 Å². The number of hydrogen-bond donors (Lipinski definition) is 2. The molecule has 2 aromatic rings. The summed E-state index contributed by atoms with van der Waals surface area (Å²) in [7, 11) is -3.63. The molecule has 30 heavy (non-hydrogen) atoms. The van der Waals surface area contributed by atoms with Gasteiger partial charge in [0.25, 0.3) is 0 Å². The van der Waals surface area contributed by atoms with E-state index in [4.69, 9.17) is 0 Å². The summed E-state index contributed by atoms with van der Waals surface area (Å²) in [4.78, 5) is 12.4. The third-order valence-corrected chi connectivity index (χ3v) is 7.14. The number of halogens is 2. The average Bonchev–Trinajstić information content (AvgIpc) is 2.75. The Bertz CT molecular complexity index is 1010. The molecule has 1 aliphatic rings. The molecule has 0 bridgehead atoms. The van der Waals surface area contributed by atoms with Gasteiger partial charge in [-0.1, -0.05) is 30.7 Å². The van der Waals surface area contributed by atoms with E-state index in [2.05, 4.69) is 10.6 Å². The van der Waals surface area contributed by atoms with Crippen LogP contribution in [0.3, 0.4) is 0 Å². The highest BCUT2D eigenvalue weighted by Crippen LogP contribution is 2.23. The number of carbonyl (C=O) groups is 1. The molecule has 162 valence electrons. The van der Waals surface area contributed by atoms with E-state index in [0.29, 0.717) is 24.2 Å². The summed E-state index contributed by atoms with van der Waals surface area (Å²) in [6.07, 6.45) is 2.69. The van der Waals surface area contributed by atoms with Crippen molar-refractivity contribution in [3.05, 3.63) is 65.2 Å². The molecule has 0 radical (unpaired) electrons. The van der Waals surface area contributed by atoms with Gasteiger partial charge < -0.3 is 10.6 Å². The number of carbonyl (C=O) groups excluding carboxylic acids is 1. The third kappa shape index (κ3) is 5.14. The second-order valence-electron chi connectivity index (χ2n) is 7.29. The Morgan fingerprint density at radius 1 is 1.07 bits per heavy atom. The molecule has 1 aliphatic heterocycles. The highest BCUT2D eigenvalue weighted by Gasteiger charge is 2.28. The van der Waals surface area contributed by atoms with E-state index in [0.717, 1.165) is 31.4 Å². The van der Waals surface area contributed by atoms with E-state index >= 15 is 0 Å². The van der Waals surface area contributed by atoms with Crippen LogP contribution in [0.5, 0.6) is 0 Å². The van der Waals surface area contributed by atoms with Gasteiger partial charge in [0.1, 0.15) is 0 Å². The van der Waals surface area contributed by atoms with Gasteiger partial charge in [0.05, 0.1) is 10.9 Å². The van der Waals surface area contributed by atoms with Crippen LogP contribution in [0.1, 0.15) is 43.4 Å². The molecule has 2 aromatic carbocycles. The molecular weight excluding hydrogens is 412 g/mol. The maximum absolute atomic E-state index is 13.4. The minimum Gasteiger partial charge on any atom is -0.334 e. The number of sulfonamides is 1. The Kier molecular flexibility index (Phi) is 7.04. The Labute approximate surface area is 175 Å². The number of nitrogens with one attached hydrogen (secondary N) is 2. The molecule has 9 heteroatoms. The maximum atomic E-state index is 13.4. The van der Waals surface area contributed by atoms with Crippen LogP contribution in [0, 0.1) is 11.6 Å². The van der Waals surface area contributed by atoms with Crippen molar-refractivity contribution in [1.82, 2.24) is 14.9 Å². The summed E-state index contributed by atoms with van der Waals surface area (Å²) in [5.41, 5.74) is 0.899. The van der Waals surface area contributed by atoms with Gasteiger partial charge in [-0.15, -0.1) is 0 Å². The molecular formula is C21H25F2N3O3S. The predicted molar refractivity (Wildman–Crippen MR) is 109 cm³/mol. The summed E-state index contributed by atoms with van der Waals surface area (Å²) in [6, 6.07) is 8.90. The molecule has 6 nitrogen and oxygen atoms in total. The Morgan fingerprint density at radius 3 is 2.47 bits per heavy atom. The molecule has 1 heterocycles. The fourth-order valence-electron chi connectivity index (χ4n) is 3.43. The van der Waals surface area contributed by atoms with Crippen LogP contribution in [0.4, 0.5) is 13.6 Å². The van der Waals surface area contributed by atoms with E-state index in [9.17, 15) is 22.0 Å². The first-order chi connectivity index (χ1) is 14.3. The molecule has 2 N–H and O–H groups in total. The van der Waals surface area contributed by atoms with Gasteiger partial charge in [0.2, 0.25) is 10.0 Å². The van der Waals surface area contributed by atoms with E-state index in [1.165, 1.54) is 10.4 Å². The molecule has 3 rings (SSSR count). The van der Waals surface area contributed by atoms with Gasteiger partial charge in [-0.2, -0.15) is 4.31 Å². The molecule has 0 aliphatic carbocycles. The van der Waals surface area contributed by atoms with E-state index in [1.807, 2.05) is 0 Å². The van der Waals surface area contributed by atoms with Crippen LogP contribution in [0.15, 0.2) is 47.4 Å². The number of amides is 2. The highest BCUT2D eigenvalue weighted by atomic mass is 32.2. The molecule has 0 aromatic heterocycles. The van der Waals surface area contributed by atoms with Crippen molar-refractivity contribution in [2.24, 2.45) is 0 Å². The zero-order valence-electron chi connectivity index (χ0n) is 16.7. The minimum atomic E-state index is -3.63. The Hall–Kier alpha value is -2.52. The lowest BCUT2D eigenvalue weighted by molar-refractivity contribution is 0.237. The first kappa shape index (κ1) is 22.2. The molecule has 1 fully saturated rings. The zero-order chi connectivity index (χ0) is 21.7. The van der Waals surface area contributed by atoms with Crippen LogP contribution in [-0.2, 0) is 16.6 Å². The van der Waals surface area contributed by atoms with Gasteiger partial charge in [-0.3, -0.25) is 0 Å². The van der Waals surface area contributed by atoms with Crippen LogP contribution in [0.25, 0.3) is 0 Å². The Morgan fingerprint density at radius 2 is 1.77 bits per heavy atom. The smallest absolute Gasteiger partial charge is 0.315 e. The normalized spacial score (nSPS) is 16.1. The second-order valence-corrected chi connectivity index (χ2v) is 9.20. The van der Waals surface area contributed by atoms with Crippen LogP contribution in [-0.4, -0.2) is 31.8 Å². The monoisotopic (exact) mass is 437 g/mol. The second kappa shape index (κ2) is 9.53. The summed E-state index contributed by atoms with van der Waals surface area (Å²) >= 11 is 0. The molecule has 0 unspecified atom stereocenters. The zero-order valence-corrected chi connectivity index (χ0v) is 17.5. The largest absolute Gasteiger partial charge is 0.334 e. The summed E-state index contributed by atoms with van der Waals surface area (Å²) in [6.45, 7) is 2.65. The Balaban J connectivity index is 1.65. The van der Waals surface area contributed by atoms with E-state index in [-0.39, 0.29) is 11.4 Å². The maximum Gasteiger partial charge on any atom is 0.315 e. The quantitative estimate of drug-likeness (QED) is 0.723. The van der Waals surface area contributed by atoms with Crippen LogP contribution >= 0.6 is 0 Å². The first-order valence-electron chi connectivity index (χ1n) is 9.86. The standard InChI is InChI=1S/C21H25F2N3O3S/c1-15(16-9-10-18(22)19(23)13-16)25-21(27)24-14-17-7-3-4-8-20(17)30(28,29)26-11-5-2-6-12-26/h3-4,7-10,13,15H,2,5-6,11-12,14H2,1H3,(H2,24,25,27)/t15-/m1/s1. The van der Waals surface area contributed by atoms with Gasteiger partial charge in [-0.25, -0.2) is 22.0 Å². The van der Waals surface area contributed by atoms with Gasteiger partial charge in [0.15, 0.2) is 11.6 Å². The summed E-state index contributed by atoms with van der Waals surface area (Å²) < 4.78 is 54.0. The van der Waals surface area contributed by atoms with Crippen molar-refractivity contribution in [1.29, 1.82) is 0 Å². The third-order valence-electron chi connectivity index (χ3n) is 5.14. The molecule has 1 atom stereocenters. The molecule has 0 spiro atoms. The number of benzene rings is 2. The van der Waals surface area contributed by atoms with Crippen molar-refractivity contribution in [3.8, 4) is 0 Å². The topological polar surface area (TPSA) is 78.5 Å². The number of urea groups is 1. The molecule has 0 saturated carbocycles. The van der Waals surface area contributed by atoms with Crippen LogP contribution in [0.2, 0.25) is 0 Å². The summed E-state index contributed by atoms with van der Waals surface area (Å²) in [5.74, 6) is -1.94. The fraction of sp³-hybridized carbons (Fsp3) is 0.381. The predicted octanol–water partition coefficient (Wildman–Crippen LogP) is 3.70. The molecule has 2 amide bonds. The number of rotatable bonds is 6. The van der Waals surface area contributed by atoms with Gasteiger partial charge in [-0.05, 0) is 49.1 Å². The van der Waals surface area contributed by atoms with Crippen molar-refractivity contribution in [2.75, 3.05) is 13.1 Å². The summed E-state index contributed by atoms with van der Waals surface area (Å²) in [5, 5.41) is 5.28. The first-order valence-corrected chi connectivity index (χ1v) is 11.3. The van der Waals surface area contributed by atoms with Crippen molar-refractivity contribution < 1.29 is 22.0 Å². The number of nitrogens with zero attached hydrogens (tertiary/aromatic N) is 1. The average molecular weight is 438 g/mol.